The van der Waals surface area contributed by atoms with Gasteiger partial charge in [-0.05, 0) is 18.3 Å². The molecule has 1 saturated carbocycles. The van der Waals surface area contributed by atoms with Crippen LogP contribution in [0.15, 0.2) is 12.7 Å². The normalized spacial score (nSPS) is 31.9. The van der Waals surface area contributed by atoms with Crippen molar-refractivity contribution >= 4 is 0 Å². The van der Waals surface area contributed by atoms with Gasteiger partial charge in [-0.15, -0.1) is 6.58 Å². The number of hydrogen-bond donors (Lipinski definition) is 0. The predicted molar refractivity (Wildman–Crippen MR) is 53.5 cm³/mol. The van der Waals surface area contributed by atoms with Gasteiger partial charge in [-0.2, -0.15) is 0 Å². The number of methoxy groups -OCH3 is 2. The van der Waals surface area contributed by atoms with Gasteiger partial charge in [0.05, 0.1) is 0 Å². The van der Waals surface area contributed by atoms with Crippen molar-refractivity contribution in [2.24, 2.45) is 5.41 Å². The molecule has 0 radical (unpaired) electrons. The lowest BCUT2D eigenvalue weighted by atomic mass is 9.85. The van der Waals surface area contributed by atoms with E-state index >= 15 is 0 Å². The Morgan fingerprint density at radius 1 is 1.31 bits per heavy atom. The third-order valence-electron chi connectivity index (χ3n) is 3.19. The molecule has 1 fully saturated rings. The topological polar surface area (TPSA) is 18.5 Å². The van der Waals surface area contributed by atoms with Crippen LogP contribution in [0.1, 0.15) is 32.6 Å². The van der Waals surface area contributed by atoms with Crippen LogP contribution in [-0.4, -0.2) is 20.0 Å². The molecule has 0 saturated heterocycles. The fraction of sp³-hybridized carbons (Fsp3) is 0.818. The summed E-state index contributed by atoms with van der Waals surface area (Å²) < 4.78 is 10.9. The highest BCUT2D eigenvalue weighted by molar-refractivity contribution is 4.95. The molecule has 13 heavy (non-hydrogen) atoms. The van der Waals surface area contributed by atoms with Crippen molar-refractivity contribution in [1.82, 2.24) is 0 Å². The van der Waals surface area contributed by atoms with Gasteiger partial charge in [-0.3, -0.25) is 0 Å². The van der Waals surface area contributed by atoms with Gasteiger partial charge in [-0.1, -0.05) is 13.0 Å². The molecule has 0 spiro atoms. The summed E-state index contributed by atoms with van der Waals surface area (Å²) in [7, 11) is 3.45. The molecule has 1 aliphatic carbocycles. The summed E-state index contributed by atoms with van der Waals surface area (Å²) in [6, 6.07) is 0. The Bertz CT molecular complexity index is 185. The van der Waals surface area contributed by atoms with E-state index < -0.39 is 0 Å². The Hall–Kier alpha value is -0.340. The summed E-state index contributed by atoms with van der Waals surface area (Å²) in [4.78, 5) is 0. The first-order valence-corrected chi connectivity index (χ1v) is 4.81. The quantitative estimate of drug-likeness (QED) is 0.494. The second-order valence-electron chi connectivity index (χ2n) is 4.30. The van der Waals surface area contributed by atoms with E-state index in [0.29, 0.717) is 5.41 Å². The zero-order valence-electron chi connectivity index (χ0n) is 8.93. The zero-order valence-corrected chi connectivity index (χ0v) is 8.93. The third-order valence-corrected chi connectivity index (χ3v) is 3.19. The molecule has 2 nitrogen and oxygen atoms in total. The SMILES string of the molecule is C=CCC1(C)CCC(OC)(OC)C1. The van der Waals surface area contributed by atoms with E-state index in [0.717, 1.165) is 25.7 Å². The maximum absolute atomic E-state index is 5.43. The molecule has 0 N–H and O–H groups in total. The van der Waals surface area contributed by atoms with E-state index in [4.69, 9.17) is 9.47 Å². The maximum atomic E-state index is 5.43. The van der Waals surface area contributed by atoms with Crippen LogP contribution >= 0.6 is 0 Å². The average molecular weight is 184 g/mol. The van der Waals surface area contributed by atoms with Crippen molar-refractivity contribution < 1.29 is 9.47 Å². The summed E-state index contributed by atoms with van der Waals surface area (Å²) in [5, 5.41) is 0. The fourth-order valence-corrected chi connectivity index (χ4v) is 2.27. The molecule has 2 heteroatoms. The van der Waals surface area contributed by atoms with Crippen LogP contribution < -0.4 is 0 Å². The lowest BCUT2D eigenvalue weighted by Gasteiger charge is -2.29. The van der Waals surface area contributed by atoms with Gasteiger partial charge >= 0.3 is 0 Å². The highest BCUT2D eigenvalue weighted by Gasteiger charge is 2.45. The van der Waals surface area contributed by atoms with Crippen molar-refractivity contribution in [3.63, 3.8) is 0 Å². The molecule has 1 aliphatic rings. The van der Waals surface area contributed by atoms with E-state index in [1.54, 1.807) is 14.2 Å². The van der Waals surface area contributed by atoms with Gasteiger partial charge in [0, 0.05) is 27.1 Å². The standard InChI is InChI=1S/C11H20O2/c1-5-6-10(2)7-8-11(9-10,12-3)13-4/h5H,1,6-9H2,2-4H3. The maximum Gasteiger partial charge on any atom is 0.168 e. The Balaban J connectivity index is 2.65. The second kappa shape index (κ2) is 3.81. The molecule has 0 heterocycles. The molecule has 0 aromatic carbocycles. The molecule has 0 aromatic heterocycles. The van der Waals surface area contributed by atoms with Crippen LogP contribution in [0, 0.1) is 5.41 Å². The van der Waals surface area contributed by atoms with Crippen LogP contribution in [0.2, 0.25) is 0 Å². The van der Waals surface area contributed by atoms with E-state index in [1.807, 2.05) is 6.08 Å². The van der Waals surface area contributed by atoms with Gasteiger partial charge in [0.15, 0.2) is 5.79 Å². The highest BCUT2D eigenvalue weighted by Crippen LogP contribution is 2.48. The molecule has 0 amide bonds. The molecular formula is C11H20O2. The first-order valence-electron chi connectivity index (χ1n) is 4.81. The molecule has 1 atom stereocenters. The first kappa shape index (κ1) is 10.7. The third kappa shape index (κ3) is 2.12. The molecule has 1 rings (SSSR count). The van der Waals surface area contributed by atoms with Gasteiger partial charge < -0.3 is 9.47 Å². The minimum atomic E-state index is -0.336. The minimum Gasteiger partial charge on any atom is -0.353 e. The van der Waals surface area contributed by atoms with Gasteiger partial charge in [0.1, 0.15) is 0 Å². The largest absolute Gasteiger partial charge is 0.353 e. The number of hydrogen-bond acceptors (Lipinski definition) is 2. The minimum absolute atomic E-state index is 0.313. The Labute approximate surface area is 80.9 Å². The lowest BCUT2D eigenvalue weighted by Crippen LogP contribution is -2.31. The lowest BCUT2D eigenvalue weighted by molar-refractivity contribution is -0.205. The number of rotatable bonds is 4. The Morgan fingerprint density at radius 3 is 2.31 bits per heavy atom. The van der Waals surface area contributed by atoms with Crippen LogP contribution in [0.3, 0.4) is 0 Å². The Morgan fingerprint density at radius 2 is 1.92 bits per heavy atom. The van der Waals surface area contributed by atoms with Crippen LogP contribution in [0.25, 0.3) is 0 Å². The molecule has 0 aromatic rings. The molecule has 1 unspecified atom stereocenters. The smallest absolute Gasteiger partial charge is 0.168 e. The monoisotopic (exact) mass is 184 g/mol. The van der Waals surface area contributed by atoms with Crippen LogP contribution in [0.5, 0.6) is 0 Å². The van der Waals surface area contributed by atoms with Crippen LogP contribution in [-0.2, 0) is 9.47 Å². The predicted octanol–water partition coefficient (Wildman–Crippen LogP) is 2.74. The van der Waals surface area contributed by atoms with E-state index in [2.05, 4.69) is 13.5 Å². The fourth-order valence-electron chi connectivity index (χ4n) is 2.27. The van der Waals surface area contributed by atoms with Gasteiger partial charge in [-0.25, -0.2) is 0 Å². The van der Waals surface area contributed by atoms with E-state index in [1.165, 1.54) is 0 Å². The van der Waals surface area contributed by atoms with Crippen molar-refractivity contribution in [1.29, 1.82) is 0 Å². The van der Waals surface area contributed by atoms with Gasteiger partial charge in [0.2, 0.25) is 0 Å². The Kier molecular flexibility index (Phi) is 3.14. The summed E-state index contributed by atoms with van der Waals surface area (Å²) in [6.07, 6.45) is 6.15. The van der Waals surface area contributed by atoms with Crippen molar-refractivity contribution in [2.75, 3.05) is 14.2 Å². The molecule has 0 bridgehead atoms. The highest BCUT2D eigenvalue weighted by atomic mass is 16.7. The number of ether oxygens (including phenoxy) is 2. The van der Waals surface area contributed by atoms with Crippen molar-refractivity contribution in [3.8, 4) is 0 Å². The van der Waals surface area contributed by atoms with Crippen molar-refractivity contribution in [2.45, 2.75) is 38.4 Å². The molecular weight excluding hydrogens is 164 g/mol. The van der Waals surface area contributed by atoms with E-state index in [-0.39, 0.29) is 5.79 Å². The molecule has 0 aliphatic heterocycles. The summed E-state index contributed by atoms with van der Waals surface area (Å²) >= 11 is 0. The molecule has 76 valence electrons. The van der Waals surface area contributed by atoms with Gasteiger partial charge in [0.25, 0.3) is 0 Å². The van der Waals surface area contributed by atoms with E-state index in [9.17, 15) is 0 Å². The second-order valence-corrected chi connectivity index (χ2v) is 4.30. The zero-order chi connectivity index (χ0) is 9.95. The summed E-state index contributed by atoms with van der Waals surface area (Å²) in [6.45, 7) is 6.06. The summed E-state index contributed by atoms with van der Waals surface area (Å²) in [5.41, 5.74) is 0.313. The summed E-state index contributed by atoms with van der Waals surface area (Å²) in [5.74, 6) is -0.336. The number of allylic oxidation sites excluding steroid dienone is 1. The first-order chi connectivity index (χ1) is 6.10. The van der Waals surface area contributed by atoms with Crippen LogP contribution in [0.4, 0.5) is 0 Å². The van der Waals surface area contributed by atoms with Crippen molar-refractivity contribution in [3.05, 3.63) is 12.7 Å². The average Bonchev–Trinajstić information content (AvgIpc) is 2.45.